The van der Waals surface area contributed by atoms with Gasteiger partial charge in [0.25, 0.3) is 0 Å². The molecule has 2 aromatic carbocycles. The number of carbonyl (C=O) groups excluding carboxylic acids is 1. The minimum absolute atomic E-state index is 0.250. The number of nitrogens with zero attached hydrogens (tertiary/aromatic N) is 1. The third-order valence-electron chi connectivity index (χ3n) is 4.15. The van der Waals surface area contributed by atoms with Gasteiger partial charge in [-0.2, -0.15) is 0 Å². The zero-order valence-electron chi connectivity index (χ0n) is 17.4. The number of benzene rings is 2. The molecule has 0 radical (unpaired) electrons. The summed E-state index contributed by atoms with van der Waals surface area (Å²) in [5, 5.41) is 2.78. The first-order valence-electron chi connectivity index (χ1n) is 9.20. The lowest BCUT2D eigenvalue weighted by Gasteiger charge is -2.24. The Morgan fingerprint density at radius 1 is 1.07 bits per heavy atom. The second-order valence-corrected chi connectivity index (χ2v) is 8.98. The number of carbonyl (C=O) groups is 1. The molecular formula is C21H28N2O5S. The second-order valence-electron chi connectivity index (χ2n) is 7.07. The van der Waals surface area contributed by atoms with E-state index >= 15 is 0 Å². The van der Waals surface area contributed by atoms with E-state index in [9.17, 15) is 13.2 Å². The molecule has 2 aromatic rings. The van der Waals surface area contributed by atoms with E-state index < -0.39 is 15.9 Å². The standard InChI is InChI=1S/C21H28N2O5S/c1-15-10-16(2)12-18(11-15)23(29(5,25)26)13-21(24)22-17(3)14-28-20-8-6-19(27-4)7-9-20/h6-12,17H,13-14H2,1-5H3,(H,22,24)/t17-/m0/s1. The summed E-state index contributed by atoms with van der Waals surface area (Å²) in [4.78, 5) is 12.5. The number of amides is 1. The van der Waals surface area contributed by atoms with Crippen LogP contribution < -0.4 is 19.1 Å². The average molecular weight is 421 g/mol. The molecule has 1 atom stereocenters. The molecule has 8 heteroatoms. The molecule has 0 aliphatic heterocycles. The van der Waals surface area contributed by atoms with Crippen molar-refractivity contribution in [2.45, 2.75) is 26.8 Å². The van der Waals surface area contributed by atoms with E-state index in [1.165, 1.54) is 0 Å². The molecule has 1 amide bonds. The minimum Gasteiger partial charge on any atom is -0.497 e. The molecule has 0 aliphatic rings. The number of sulfonamides is 1. The van der Waals surface area contributed by atoms with Gasteiger partial charge in [0.05, 0.1) is 25.1 Å². The largest absolute Gasteiger partial charge is 0.497 e. The smallest absolute Gasteiger partial charge is 0.241 e. The molecule has 0 aliphatic carbocycles. The Morgan fingerprint density at radius 2 is 1.62 bits per heavy atom. The highest BCUT2D eigenvalue weighted by molar-refractivity contribution is 7.92. The van der Waals surface area contributed by atoms with Crippen molar-refractivity contribution in [3.8, 4) is 11.5 Å². The van der Waals surface area contributed by atoms with E-state index in [0.29, 0.717) is 11.4 Å². The Hall–Kier alpha value is -2.74. The fourth-order valence-electron chi connectivity index (χ4n) is 2.88. The van der Waals surface area contributed by atoms with Gasteiger partial charge in [-0.05, 0) is 68.3 Å². The van der Waals surface area contributed by atoms with Crippen LogP contribution in [0.5, 0.6) is 11.5 Å². The van der Waals surface area contributed by atoms with Crippen LogP contribution in [0.25, 0.3) is 0 Å². The predicted molar refractivity (Wildman–Crippen MR) is 114 cm³/mol. The van der Waals surface area contributed by atoms with E-state index in [-0.39, 0.29) is 19.2 Å². The number of ether oxygens (including phenoxy) is 2. The fraction of sp³-hybridized carbons (Fsp3) is 0.381. The van der Waals surface area contributed by atoms with Gasteiger partial charge in [0.15, 0.2) is 0 Å². The highest BCUT2D eigenvalue weighted by atomic mass is 32.2. The lowest BCUT2D eigenvalue weighted by Crippen LogP contribution is -2.45. The molecule has 0 fully saturated rings. The number of rotatable bonds is 9. The predicted octanol–water partition coefficient (Wildman–Crippen LogP) is 2.66. The SMILES string of the molecule is COc1ccc(OC[C@H](C)NC(=O)CN(c2cc(C)cc(C)c2)S(C)(=O)=O)cc1. The van der Waals surface area contributed by atoms with Crippen molar-refractivity contribution in [2.75, 3.05) is 30.8 Å². The number of aryl methyl sites for hydroxylation is 2. The molecule has 0 unspecified atom stereocenters. The molecule has 29 heavy (non-hydrogen) atoms. The first-order valence-corrected chi connectivity index (χ1v) is 11.1. The van der Waals surface area contributed by atoms with Gasteiger partial charge in [0.1, 0.15) is 24.7 Å². The van der Waals surface area contributed by atoms with Crippen molar-refractivity contribution >= 4 is 21.6 Å². The van der Waals surface area contributed by atoms with Gasteiger partial charge in [-0.3, -0.25) is 9.10 Å². The summed E-state index contributed by atoms with van der Waals surface area (Å²) in [6.45, 7) is 5.52. The topological polar surface area (TPSA) is 84.9 Å². The van der Waals surface area contributed by atoms with Crippen molar-refractivity contribution in [1.29, 1.82) is 0 Å². The van der Waals surface area contributed by atoms with Crippen LogP contribution in [0.2, 0.25) is 0 Å². The van der Waals surface area contributed by atoms with Gasteiger partial charge in [-0.15, -0.1) is 0 Å². The quantitative estimate of drug-likeness (QED) is 0.674. The van der Waals surface area contributed by atoms with Gasteiger partial charge < -0.3 is 14.8 Å². The molecule has 2 rings (SSSR count). The van der Waals surface area contributed by atoms with Crippen molar-refractivity contribution in [1.82, 2.24) is 5.32 Å². The Bertz CT molecular complexity index is 922. The van der Waals surface area contributed by atoms with Crippen LogP contribution in [0.4, 0.5) is 5.69 Å². The first kappa shape index (κ1) is 22.5. The van der Waals surface area contributed by atoms with Crippen LogP contribution in [0, 0.1) is 13.8 Å². The Morgan fingerprint density at radius 3 is 2.14 bits per heavy atom. The number of anilines is 1. The van der Waals surface area contributed by atoms with Crippen LogP contribution in [0.1, 0.15) is 18.1 Å². The van der Waals surface area contributed by atoms with Crippen LogP contribution in [-0.2, 0) is 14.8 Å². The molecule has 0 saturated heterocycles. The van der Waals surface area contributed by atoms with Crippen LogP contribution in [-0.4, -0.2) is 46.9 Å². The summed E-state index contributed by atoms with van der Waals surface area (Å²) >= 11 is 0. The van der Waals surface area contributed by atoms with E-state index in [0.717, 1.165) is 27.4 Å². The molecule has 0 bridgehead atoms. The van der Waals surface area contributed by atoms with Crippen molar-refractivity contribution in [3.05, 3.63) is 53.6 Å². The number of hydrogen-bond donors (Lipinski definition) is 1. The number of methoxy groups -OCH3 is 1. The highest BCUT2D eigenvalue weighted by Gasteiger charge is 2.22. The molecule has 7 nitrogen and oxygen atoms in total. The molecule has 0 aromatic heterocycles. The van der Waals surface area contributed by atoms with E-state index in [1.54, 1.807) is 50.4 Å². The minimum atomic E-state index is -3.61. The number of hydrogen-bond acceptors (Lipinski definition) is 5. The number of nitrogens with one attached hydrogen (secondary N) is 1. The lowest BCUT2D eigenvalue weighted by atomic mass is 10.1. The van der Waals surface area contributed by atoms with Gasteiger partial charge in [-0.25, -0.2) is 8.42 Å². The third-order valence-corrected chi connectivity index (χ3v) is 5.29. The van der Waals surface area contributed by atoms with Crippen molar-refractivity contribution < 1.29 is 22.7 Å². The summed E-state index contributed by atoms with van der Waals surface area (Å²) in [5.41, 5.74) is 2.33. The maximum Gasteiger partial charge on any atom is 0.241 e. The lowest BCUT2D eigenvalue weighted by molar-refractivity contribution is -0.120. The monoisotopic (exact) mass is 420 g/mol. The van der Waals surface area contributed by atoms with Gasteiger partial charge in [0.2, 0.25) is 15.9 Å². The molecule has 1 N–H and O–H groups in total. The zero-order chi connectivity index (χ0) is 21.6. The molecular weight excluding hydrogens is 392 g/mol. The van der Waals surface area contributed by atoms with Crippen molar-refractivity contribution in [3.63, 3.8) is 0 Å². The van der Waals surface area contributed by atoms with Crippen LogP contribution in [0.15, 0.2) is 42.5 Å². The van der Waals surface area contributed by atoms with E-state index in [1.807, 2.05) is 19.9 Å². The van der Waals surface area contributed by atoms with Crippen LogP contribution in [0.3, 0.4) is 0 Å². The maximum atomic E-state index is 12.5. The first-order chi connectivity index (χ1) is 13.6. The van der Waals surface area contributed by atoms with E-state index in [2.05, 4.69) is 5.32 Å². The molecule has 0 heterocycles. The summed E-state index contributed by atoms with van der Waals surface area (Å²) in [7, 11) is -2.03. The summed E-state index contributed by atoms with van der Waals surface area (Å²) in [5.74, 6) is 0.978. The fourth-order valence-corrected chi connectivity index (χ4v) is 3.72. The van der Waals surface area contributed by atoms with Crippen molar-refractivity contribution in [2.24, 2.45) is 0 Å². The zero-order valence-corrected chi connectivity index (χ0v) is 18.2. The molecule has 0 saturated carbocycles. The molecule has 0 spiro atoms. The summed E-state index contributed by atoms with van der Waals surface area (Å²) < 4.78 is 36.4. The molecule has 158 valence electrons. The van der Waals surface area contributed by atoms with Crippen LogP contribution >= 0.6 is 0 Å². The average Bonchev–Trinajstić information content (AvgIpc) is 2.63. The van der Waals surface area contributed by atoms with Gasteiger partial charge in [-0.1, -0.05) is 6.07 Å². The second kappa shape index (κ2) is 9.65. The van der Waals surface area contributed by atoms with Gasteiger partial charge in [0, 0.05) is 0 Å². The Kier molecular flexibility index (Phi) is 7.50. The Balaban J connectivity index is 1.98. The highest BCUT2D eigenvalue weighted by Crippen LogP contribution is 2.21. The summed E-state index contributed by atoms with van der Waals surface area (Å²) in [6.07, 6.45) is 1.09. The van der Waals surface area contributed by atoms with Gasteiger partial charge >= 0.3 is 0 Å². The van der Waals surface area contributed by atoms with E-state index in [4.69, 9.17) is 9.47 Å². The third kappa shape index (κ3) is 6.98. The summed E-state index contributed by atoms with van der Waals surface area (Å²) in [6, 6.07) is 12.3. The maximum absolute atomic E-state index is 12.5. The normalized spacial score (nSPS) is 12.2. The Labute approximate surface area is 172 Å².